The van der Waals surface area contributed by atoms with Crippen molar-refractivity contribution in [1.82, 2.24) is 4.90 Å². The van der Waals surface area contributed by atoms with E-state index in [0.717, 1.165) is 39.3 Å². The molecule has 0 aromatic heterocycles. The molecule has 1 N–H and O–H groups in total. The van der Waals surface area contributed by atoms with Gasteiger partial charge in [-0.3, -0.25) is 19.8 Å². The summed E-state index contributed by atoms with van der Waals surface area (Å²) in [7, 11) is 0. The van der Waals surface area contributed by atoms with Crippen LogP contribution in [0.25, 0.3) is 0 Å². The molecule has 3 rings (SSSR count). The molecule has 0 radical (unpaired) electrons. The molecular formula is C20H23N3O4. The fourth-order valence-corrected chi connectivity index (χ4v) is 3.13. The number of carbonyl (C=O) groups excluding carboxylic acids is 1. The lowest BCUT2D eigenvalue weighted by Gasteiger charge is -2.26. The Morgan fingerprint density at radius 2 is 1.89 bits per heavy atom. The van der Waals surface area contributed by atoms with Gasteiger partial charge >= 0.3 is 0 Å². The Hall–Kier alpha value is -2.77. The Balaban J connectivity index is 1.60. The van der Waals surface area contributed by atoms with Gasteiger partial charge in [-0.1, -0.05) is 18.2 Å². The summed E-state index contributed by atoms with van der Waals surface area (Å²) in [4.78, 5) is 25.4. The second-order valence-electron chi connectivity index (χ2n) is 6.56. The number of benzene rings is 2. The van der Waals surface area contributed by atoms with E-state index >= 15 is 0 Å². The van der Waals surface area contributed by atoms with E-state index in [-0.39, 0.29) is 11.6 Å². The Labute approximate surface area is 158 Å². The molecular weight excluding hydrogens is 346 g/mol. The number of amides is 1. The van der Waals surface area contributed by atoms with Gasteiger partial charge in [0, 0.05) is 42.5 Å². The molecule has 1 aliphatic heterocycles. The number of nitrogens with one attached hydrogen (secondary N) is 1. The first-order chi connectivity index (χ1) is 13.0. The van der Waals surface area contributed by atoms with Gasteiger partial charge < -0.3 is 10.1 Å². The number of morpholine rings is 1. The molecule has 0 aliphatic carbocycles. The van der Waals surface area contributed by atoms with E-state index in [1.165, 1.54) is 17.7 Å². The van der Waals surface area contributed by atoms with Crippen molar-refractivity contribution in [2.75, 3.05) is 38.2 Å². The summed E-state index contributed by atoms with van der Waals surface area (Å²) >= 11 is 0. The minimum Gasteiger partial charge on any atom is -0.379 e. The third kappa shape index (κ3) is 4.90. The molecule has 0 saturated carbocycles. The van der Waals surface area contributed by atoms with E-state index in [4.69, 9.17) is 4.74 Å². The Morgan fingerprint density at radius 1 is 1.19 bits per heavy atom. The van der Waals surface area contributed by atoms with Crippen molar-refractivity contribution in [1.29, 1.82) is 0 Å². The number of nitrogens with zero attached hydrogens (tertiary/aromatic N) is 2. The number of rotatable bonds is 6. The van der Waals surface area contributed by atoms with E-state index in [9.17, 15) is 14.9 Å². The van der Waals surface area contributed by atoms with Crippen molar-refractivity contribution < 1.29 is 14.5 Å². The van der Waals surface area contributed by atoms with Crippen LogP contribution in [0.5, 0.6) is 0 Å². The Kier molecular flexibility index (Phi) is 6.16. The standard InChI is InChI=1S/C20H23N3O4/c1-15-18(3-2-4-19(15)23(25)26)20(24)21-17-7-5-16(6-8-17)9-10-22-11-13-27-14-12-22/h2-8H,9-14H2,1H3,(H,21,24). The molecule has 0 atom stereocenters. The highest BCUT2D eigenvalue weighted by Gasteiger charge is 2.18. The van der Waals surface area contributed by atoms with Crippen LogP contribution in [0.4, 0.5) is 11.4 Å². The first-order valence-electron chi connectivity index (χ1n) is 8.99. The lowest BCUT2D eigenvalue weighted by Crippen LogP contribution is -2.37. The monoisotopic (exact) mass is 369 g/mol. The molecule has 0 spiro atoms. The number of hydrogen-bond donors (Lipinski definition) is 1. The van der Waals surface area contributed by atoms with E-state index in [1.807, 2.05) is 24.3 Å². The van der Waals surface area contributed by atoms with Gasteiger partial charge in [-0.05, 0) is 37.1 Å². The normalized spacial score (nSPS) is 14.7. The van der Waals surface area contributed by atoms with Crippen molar-refractivity contribution in [3.05, 3.63) is 69.3 Å². The second-order valence-corrected chi connectivity index (χ2v) is 6.56. The number of nitro benzene ring substituents is 1. The van der Waals surface area contributed by atoms with E-state index < -0.39 is 4.92 Å². The fraction of sp³-hybridized carbons (Fsp3) is 0.350. The molecule has 1 amide bonds. The van der Waals surface area contributed by atoms with E-state index in [2.05, 4.69) is 10.2 Å². The highest BCUT2D eigenvalue weighted by molar-refractivity contribution is 6.05. The van der Waals surface area contributed by atoms with Crippen LogP contribution in [0.1, 0.15) is 21.5 Å². The fourth-order valence-electron chi connectivity index (χ4n) is 3.13. The highest BCUT2D eigenvalue weighted by Crippen LogP contribution is 2.22. The molecule has 7 heteroatoms. The molecule has 0 bridgehead atoms. The summed E-state index contributed by atoms with van der Waals surface area (Å²) in [6, 6.07) is 12.2. The van der Waals surface area contributed by atoms with Crippen molar-refractivity contribution in [2.45, 2.75) is 13.3 Å². The smallest absolute Gasteiger partial charge is 0.273 e. The average molecular weight is 369 g/mol. The molecule has 142 valence electrons. The van der Waals surface area contributed by atoms with Gasteiger partial charge in [0.1, 0.15) is 0 Å². The zero-order chi connectivity index (χ0) is 19.2. The van der Waals surface area contributed by atoms with Crippen molar-refractivity contribution >= 4 is 17.3 Å². The summed E-state index contributed by atoms with van der Waals surface area (Å²) in [6.07, 6.45) is 0.943. The molecule has 1 fully saturated rings. The van der Waals surface area contributed by atoms with Crippen molar-refractivity contribution in [3.63, 3.8) is 0 Å². The molecule has 2 aromatic rings. The first-order valence-corrected chi connectivity index (χ1v) is 8.99. The maximum Gasteiger partial charge on any atom is 0.273 e. The molecule has 27 heavy (non-hydrogen) atoms. The van der Waals surface area contributed by atoms with E-state index in [1.54, 1.807) is 13.0 Å². The van der Waals surface area contributed by atoms with Crippen LogP contribution in [-0.4, -0.2) is 48.6 Å². The lowest BCUT2D eigenvalue weighted by molar-refractivity contribution is -0.385. The maximum absolute atomic E-state index is 12.5. The molecule has 1 saturated heterocycles. The first kappa shape index (κ1) is 19.0. The van der Waals surface area contributed by atoms with Crippen LogP contribution in [-0.2, 0) is 11.2 Å². The number of anilines is 1. The summed E-state index contributed by atoms with van der Waals surface area (Å²) < 4.78 is 5.35. The quantitative estimate of drug-likeness (QED) is 0.625. The SMILES string of the molecule is Cc1c(C(=O)Nc2ccc(CCN3CCOCC3)cc2)cccc1[N+](=O)[O-]. The third-order valence-corrected chi connectivity index (χ3v) is 4.78. The zero-order valence-electron chi connectivity index (χ0n) is 15.3. The van der Waals surface area contributed by atoms with Crippen LogP contribution in [0, 0.1) is 17.0 Å². The van der Waals surface area contributed by atoms with E-state index in [0.29, 0.717) is 16.8 Å². The third-order valence-electron chi connectivity index (χ3n) is 4.78. The van der Waals surface area contributed by atoms with Gasteiger partial charge in [0.15, 0.2) is 0 Å². The summed E-state index contributed by atoms with van der Waals surface area (Å²) in [6.45, 7) is 6.10. The highest BCUT2D eigenvalue weighted by atomic mass is 16.6. The van der Waals surface area contributed by atoms with Crippen molar-refractivity contribution in [2.24, 2.45) is 0 Å². The Bertz CT molecular complexity index is 814. The second kappa shape index (κ2) is 8.75. The number of nitro groups is 1. The van der Waals surface area contributed by atoms with Gasteiger partial charge in [0.2, 0.25) is 0 Å². The lowest BCUT2D eigenvalue weighted by atomic mass is 10.1. The van der Waals surface area contributed by atoms with Gasteiger partial charge in [-0.15, -0.1) is 0 Å². The maximum atomic E-state index is 12.5. The van der Waals surface area contributed by atoms with Gasteiger partial charge in [0.05, 0.1) is 18.1 Å². The minimum atomic E-state index is -0.477. The molecule has 2 aromatic carbocycles. The van der Waals surface area contributed by atoms with Crippen LogP contribution in [0.3, 0.4) is 0 Å². The van der Waals surface area contributed by atoms with Gasteiger partial charge in [-0.2, -0.15) is 0 Å². The van der Waals surface area contributed by atoms with Gasteiger partial charge in [0.25, 0.3) is 11.6 Å². The van der Waals surface area contributed by atoms with Gasteiger partial charge in [-0.25, -0.2) is 0 Å². The average Bonchev–Trinajstić information content (AvgIpc) is 2.68. The number of ether oxygens (including phenoxy) is 1. The molecule has 7 nitrogen and oxygen atoms in total. The number of hydrogen-bond acceptors (Lipinski definition) is 5. The molecule has 1 aliphatic rings. The van der Waals surface area contributed by atoms with Crippen LogP contribution in [0.2, 0.25) is 0 Å². The predicted octanol–water partition coefficient (Wildman–Crippen LogP) is 3.03. The van der Waals surface area contributed by atoms with Crippen LogP contribution < -0.4 is 5.32 Å². The minimum absolute atomic E-state index is 0.0545. The van der Waals surface area contributed by atoms with Crippen molar-refractivity contribution in [3.8, 4) is 0 Å². The summed E-state index contributed by atoms with van der Waals surface area (Å²) in [5.41, 5.74) is 2.48. The Morgan fingerprint density at radius 3 is 2.56 bits per heavy atom. The summed E-state index contributed by atoms with van der Waals surface area (Å²) in [5.74, 6) is -0.350. The zero-order valence-corrected chi connectivity index (χ0v) is 15.3. The molecule has 1 heterocycles. The largest absolute Gasteiger partial charge is 0.379 e. The molecule has 0 unspecified atom stereocenters. The van der Waals surface area contributed by atoms with Crippen LogP contribution >= 0.6 is 0 Å². The predicted molar refractivity (Wildman–Crippen MR) is 103 cm³/mol. The topological polar surface area (TPSA) is 84.7 Å². The number of carbonyl (C=O) groups is 1. The summed E-state index contributed by atoms with van der Waals surface area (Å²) in [5, 5.41) is 13.8. The van der Waals surface area contributed by atoms with Crippen LogP contribution in [0.15, 0.2) is 42.5 Å².